The van der Waals surface area contributed by atoms with Gasteiger partial charge in [0.2, 0.25) is 0 Å². The number of rotatable bonds is 9. The van der Waals surface area contributed by atoms with Gasteiger partial charge >= 0.3 is 6.03 Å². The molecule has 2 aromatic carbocycles. The number of para-hydroxylation sites is 1. The molecule has 1 N–H and O–H groups in total. The monoisotopic (exact) mass is 493 g/mol. The Morgan fingerprint density at radius 3 is 2.40 bits per heavy atom. The Morgan fingerprint density at radius 2 is 1.71 bits per heavy atom. The minimum atomic E-state index is -0.231. The number of aromatic nitrogens is 1. The largest absolute Gasteiger partial charge is 0.383 e. The summed E-state index contributed by atoms with van der Waals surface area (Å²) >= 11 is 1.40. The summed E-state index contributed by atoms with van der Waals surface area (Å²) in [7, 11) is 1.60. The van der Waals surface area contributed by atoms with Crippen molar-refractivity contribution in [1.82, 2.24) is 19.7 Å². The quantitative estimate of drug-likeness (QED) is 0.491. The van der Waals surface area contributed by atoms with Gasteiger partial charge in [0.05, 0.1) is 13.2 Å². The number of nitrogens with one attached hydrogen (secondary N) is 1. The van der Waals surface area contributed by atoms with Gasteiger partial charge in [0, 0.05) is 57.4 Å². The van der Waals surface area contributed by atoms with Gasteiger partial charge in [-0.05, 0) is 17.7 Å². The van der Waals surface area contributed by atoms with Gasteiger partial charge in [-0.15, -0.1) is 11.3 Å². The predicted molar refractivity (Wildman–Crippen MR) is 137 cm³/mol. The summed E-state index contributed by atoms with van der Waals surface area (Å²) in [6.45, 7) is 5.06. The van der Waals surface area contributed by atoms with Crippen molar-refractivity contribution < 1.29 is 14.3 Å². The van der Waals surface area contributed by atoms with E-state index < -0.39 is 0 Å². The van der Waals surface area contributed by atoms with Crippen LogP contribution in [0.25, 0.3) is 0 Å². The lowest BCUT2D eigenvalue weighted by molar-refractivity contribution is 0.0623. The Kier molecular flexibility index (Phi) is 8.83. The number of nitrogens with zero attached hydrogens (tertiary/aromatic N) is 4. The number of carbonyl (C=O) groups excluding carboxylic acids is 2. The zero-order valence-electron chi connectivity index (χ0n) is 19.9. The van der Waals surface area contributed by atoms with Crippen LogP contribution in [0.4, 0.5) is 10.5 Å². The van der Waals surface area contributed by atoms with Gasteiger partial charge in [0.1, 0.15) is 10.7 Å². The van der Waals surface area contributed by atoms with Gasteiger partial charge in [0.25, 0.3) is 5.91 Å². The van der Waals surface area contributed by atoms with Crippen molar-refractivity contribution in [1.29, 1.82) is 0 Å². The molecule has 35 heavy (non-hydrogen) atoms. The van der Waals surface area contributed by atoms with Crippen molar-refractivity contribution in [2.24, 2.45) is 0 Å². The molecule has 9 heteroatoms. The second-order valence-corrected chi connectivity index (χ2v) is 9.33. The smallest absolute Gasteiger partial charge is 0.322 e. The number of hydrogen-bond donors (Lipinski definition) is 1. The van der Waals surface area contributed by atoms with Crippen LogP contribution in [0.2, 0.25) is 0 Å². The third kappa shape index (κ3) is 7.11. The molecule has 0 spiro atoms. The number of anilines is 1. The molecule has 0 radical (unpaired) electrons. The van der Waals surface area contributed by atoms with E-state index in [2.05, 4.69) is 39.5 Å². The number of benzene rings is 2. The van der Waals surface area contributed by atoms with Crippen molar-refractivity contribution in [2.75, 3.05) is 51.8 Å². The first-order valence-electron chi connectivity index (χ1n) is 11.7. The summed E-state index contributed by atoms with van der Waals surface area (Å²) in [6.07, 6.45) is 0. The van der Waals surface area contributed by atoms with E-state index in [9.17, 15) is 9.59 Å². The van der Waals surface area contributed by atoms with Gasteiger partial charge in [0.15, 0.2) is 0 Å². The van der Waals surface area contributed by atoms with Crippen LogP contribution in [0.5, 0.6) is 0 Å². The Hall–Kier alpha value is -3.27. The molecule has 0 atom stereocenters. The topological polar surface area (TPSA) is 78.0 Å². The number of piperazine rings is 1. The highest BCUT2D eigenvalue weighted by Gasteiger charge is 2.24. The molecule has 1 saturated heterocycles. The first-order chi connectivity index (χ1) is 17.1. The molecule has 2 heterocycles. The molecule has 1 aliphatic rings. The van der Waals surface area contributed by atoms with Crippen LogP contribution in [0.3, 0.4) is 0 Å². The summed E-state index contributed by atoms with van der Waals surface area (Å²) < 4.78 is 5.18. The van der Waals surface area contributed by atoms with Crippen LogP contribution < -0.4 is 5.32 Å². The van der Waals surface area contributed by atoms with Gasteiger partial charge in [-0.1, -0.05) is 48.5 Å². The maximum Gasteiger partial charge on any atom is 0.322 e. The van der Waals surface area contributed by atoms with Crippen molar-refractivity contribution >= 4 is 29.0 Å². The Bertz CT molecular complexity index is 1080. The fourth-order valence-corrected chi connectivity index (χ4v) is 4.72. The lowest BCUT2D eigenvalue weighted by Gasteiger charge is -2.34. The van der Waals surface area contributed by atoms with E-state index in [0.717, 1.165) is 30.3 Å². The van der Waals surface area contributed by atoms with Crippen LogP contribution in [0.15, 0.2) is 66.0 Å². The maximum absolute atomic E-state index is 13.0. The van der Waals surface area contributed by atoms with Gasteiger partial charge < -0.3 is 19.9 Å². The Labute approximate surface area is 210 Å². The number of hydrogen-bond acceptors (Lipinski definition) is 6. The molecular weight excluding hydrogens is 462 g/mol. The lowest BCUT2D eigenvalue weighted by atomic mass is 10.2. The number of thiazole rings is 1. The summed E-state index contributed by atoms with van der Waals surface area (Å²) in [5.74, 6) is -0.0518. The van der Waals surface area contributed by atoms with Gasteiger partial charge in [-0.2, -0.15) is 0 Å². The van der Waals surface area contributed by atoms with E-state index in [0.29, 0.717) is 38.5 Å². The SMILES string of the molecule is COCCN(Cc1nc(C(=O)N2CCN(Cc3ccccc3)CC2)cs1)C(=O)Nc1ccccc1. The molecule has 3 aromatic rings. The molecule has 0 unspecified atom stereocenters. The van der Waals surface area contributed by atoms with Crippen LogP contribution >= 0.6 is 11.3 Å². The average molecular weight is 494 g/mol. The molecule has 1 fully saturated rings. The van der Waals surface area contributed by atoms with Crippen LogP contribution in [-0.4, -0.2) is 78.1 Å². The maximum atomic E-state index is 13.0. The minimum absolute atomic E-state index is 0.0518. The molecule has 0 aliphatic carbocycles. The summed E-state index contributed by atoms with van der Waals surface area (Å²) in [6, 6.07) is 19.5. The predicted octanol–water partition coefficient (Wildman–Crippen LogP) is 3.78. The van der Waals surface area contributed by atoms with E-state index in [1.165, 1.54) is 16.9 Å². The molecule has 4 rings (SSSR count). The molecule has 184 valence electrons. The standard InChI is InChI=1S/C26H31N5O3S/c1-34-17-16-31(26(33)27-22-10-6-3-7-11-22)19-24-28-23(20-35-24)25(32)30-14-12-29(13-15-30)18-21-8-4-2-5-9-21/h2-11,20H,12-19H2,1H3,(H,27,33). The molecule has 3 amide bonds. The zero-order chi connectivity index (χ0) is 24.5. The third-order valence-corrected chi connectivity index (χ3v) is 6.72. The van der Waals surface area contributed by atoms with E-state index in [4.69, 9.17) is 4.74 Å². The fraction of sp³-hybridized carbons (Fsp3) is 0.346. The molecule has 8 nitrogen and oxygen atoms in total. The minimum Gasteiger partial charge on any atom is -0.383 e. The molecule has 1 aliphatic heterocycles. The highest BCUT2D eigenvalue weighted by Crippen LogP contribution is 2.17. The number of carbonyl (C=O) groups is 2. The highest BCUT2D eigenvalue weighted by molar-refractivity contribution is 7.09. The van der Waals surface area contributed by atoms with E-state index in [-0.39, 0.29) is 11.9 Å². The zero-order valence-corrected chi connectivity index (χ0v) is 20.7. The van der Waals surface area contributed by atoms with Crippen molar-refractivity contribution in [2.45, 2.75) is 13.1 Å². The second-order valence-electron chi connectivity index (χ2n) is 8.39. The molecular formula is C26H31N5O3S. The number of methoxy groups -OCH3 is 1. The van der Waals surface area contributed by atoms with Gasteiger partial charge in [-0.3, -0.25) is 9.69 Å². The van der Waals surface area contributed by atoms with Crippen molar-refractivity contribution in [3.8, 4) is 0 Å². The Morgan fingerprint density at radius 1 is 1.03 bits per heavy atom. The molecule has 0 saturated carbocycles. The molecule has 1 aromatic heterocycles. The van der Waals surface area contributed by atoms with Crippen molar-refractivity contribution in [3.05, 3.63) is 82.3 Å². The summed E-state index contributed by atoms with van der Waals surface area (Å²) in [5, 5.41) is 5.41. The average Bonchev–Trinajstić information content (AvgIpc) is 3.36. The Balaban J connectivity index is 1.32. The van der Waals surface area contributed by atoms with E-state index >= 15 is 0 Å². The third-order valence-electron chi connectivity index (χ3n) is 5.88. The van der Waals surface area contributed by atoms with Crippen LogP contribution in [0.1, 0.15) is 21.1 Å². The normalized spacial score (nSPS) is 14.0. The highest BCUT2D eigenvalue weighted by atomic mass is 32.1. The number of urea groups is 1. The fourth-order valence-electron chi connectivity index (χ4n) is 3.94. The van der Waals surface area contributed by atoms with Crippen LogP contribution in [0, 0.1) is 0 Å². The summed E-state index contributed by atoms with van der Waals surface area (Å²) in [5.41, 5.74) is 2.45. The lowest BCUT2D eigenvalue weighted by Crippen LogP contribution is -2.48. The second kappa shape index (κ2) is 12.4. The molecule has 0 bridgehead atoms. The number of amides is 3. The summed E-state index contributed by atoms with van der Waals surface area (Å²) in [4.78, 5) is 36.3. The first kappa shape index (κ1) is 24.8. The van der Waals surface area contributed by atoms with Crippen molar-refractivity contribution in [3.63, 3.8) is 0 Å². The van der Waals surface area contributed by atoms with Crippen LogP contribution in [-0.2, 0) is 17.8 Å². The first-order valence-corrected chi connectivity index (χ1v) is 12.6. The number of ether oxygens (including phenoxy) is 1. The van der Waals surface area contributed by atoms with E-state index in [1.54, 1.807) is 17.4 Å². The van der Waals surface area contributed by atoms with Gasteiger partial charge in [-0.25, -0.2) is 9.78 Å². The van der Waals surface area contributed by atoms with E-state index in [1.807, 2.05) is 41.3 Å².